The van der Waals surface area contributed by atoms with Crippen LogP contribution in [-0.4, -0.2) is 52.0 Å². The molecule has 0 radical (unpaired) electrons. The minimum atomic E-state index is -2.95. The van der Waals surface area contributed by atoms with Crippen LogP contribution in [0.2, 0.25) is 10.1 Å². The Morgan fingerprint density at radius 1 is 0.611 bits per heavy atom. The van der Waals surface area contributed by atoms with E-state index in [0.29, 0.717) is 18.8 Å². The van der Waals surface area contributed by atoms with Crippen molar-refractivity contribution in [2.24, 2.45) is 0 Å². The summed E-state index contributed by atoms with van der Waals surface area (Å²) < 4.78 is 21.4. The van der Waals surface area contributed by atoms with Crippen LogP contribution in [0.15, 0.2) is 157 Å². The van der Waals surface area contributed by atoms with E-state index in [4.69, 9.17) is 13.6 Å². The molecule has 0 spiro atoms. The van der Waals surface area contributed by atoms with Crippen molar-refractivity contribution in [3.05, 3.63) is 152 Å². The lowest BCUT2D eigenvalue weighted by atomic mass is 10.1. The number of esters is 1. The van der Waals surface area contributed by atoms with E-state index in [9.17, 15) is 4.79 Å². The van der Waals surface area contributed by atoms with Gasteiger partial charge >= 0.3 is 5.97 Å². The summed E-state index contributed by atoms with van der Waals surface area (Å²) in [6, 6.07) is 53.2. The number of thioether (sulfide) groups is 1. The van der Waals surface area contributed by atoms with Gasteiger partial charge in [-0.15, -0.1) is 11.8 Å². The highest BCUT2D eigenvalue weighted by Crippen LogP contribution is 2.40. The van der Waals surface area contributed by atoms with Gasteiger partial charge < -0.3 is 13.6 Å². The second-order valence-corrected chi connectivity index (χ2v) is 26.7. The number of benzene rings is 5. The minimum absolute atomic E-state index is 0.194. The smallest absolute Gasteiger partial charge is 0.302 e. The van der Waals surface area contributed by atoms with Crippen LogP contribution in [0.25, 0.3) is 0 Å². The van der Waals surface area contributed by atoms with Crippen LogP contribution in [0.1, 0.15) is 54.9 Å². The highest BCUT2D eigenvalue weighted by molar-refractivity contribution is 9.09. The van der Waals surface area contributed by atoms with Gasteiger partial charge in [-0.1, -0.05) is 197 Å². The molecule has 0 saturated heterocycles. The van der Waals surface area contributed by atoms with Crippen LogP contribution in [0, 0.1) is 0 Å². The Morgan fingerprint density at radius 2 is 0.981 bits per heavy atom. The Kier molecular flexibility index (Phi) is 14.4. The molecule has 0 bridgehead atoms. The van der Waals surface area contributed by atoms with E-state index in [1.54, 1.807) is 11.8 Å². The number of hydrogen-bond acceptors (Lipinski definition) is 5. The Balaban J connectivity index is 1.55. The first-order valence-corrected chi connectivity index (χ1v) is 24.5. The van der Waals surface area contributed by atoms with Gasteiger partial charge in [0.15, 0.2) is 0 Å². The van der Waals surface area contributed by atoms with Gasteiger partial charge in [0, 0.05) is 24.0 Å². The first-order chi connectivity index (χ1) is 25.8. The minimum Gasteiger partial charge on any atom is -0.461 e. The van der Waals surface area contributed by atoms with E-state index < -0.39 is 22.7 Å². The molecule has 54 heavy (non-hydrogen) atoms. The molecule has 5 aromatic rings. The molecule has 0 N–H and O–H groups in total. The topological polar surface area (TPSA) is 44.8 Å². The Morgan fingerprint density at radius 3 is 1.35 bits per heavy atom. The normalized spacial score (nSPS) is 14.2. The van der Waals surface area contributed by atoms with Crippen molar-refractivity contribution in [3.63, 3.8) is 0 Å². The Labute approximate surface area is 338 Å². The van der Waals surface area contributed by atoms with Gasteiger partial charge in [0.1, 0.15) is 6.10 Å². The van der Waals surface area contributed by atoms with Crippen molar-refractivity contribution in [3.8, 4) is 0 Å². The number of carbonyl (C=O) groups is 1. The third-order valence-corrected chi connectivity index (χ3v) is 22.1. The highest BCUT2D eigenvalue weighted by Gasteiger charge is 2.53. The molecular weight excluding hydrogens is 785 g/mol. The predicted molar refractivity (Wildman–Crippen MR) is 236 cm³/mol. The summed E-state index contributed by atoms with van der Waals surface area (Å²) in [6.07, 6.45) is -0.289. The van der Waals surface area contributed by atoms with Crippen LogP contribution in [-0.2, 0) is 18.4 Å². The molecule has 0 aliphatic heterocycles. The van der Waals surface area contributed by atoms with Crippen molar-refractivity contribution in [1.29, 1.82) is 0 Å². The average molecular weight is 840 g/mol. The molecular formula is C46H55BrO4SSi2. The number of hydrogen-bond donors (Lipinski definition) is 0. The molecule has 0 unspecified atom stereocenters. The maximum Gasteiger partial charge on any atom is 0.302 e. The molecule has 5 aromatic carbocycles. The first-order valence-electron chi connectivity index (χ1n) is 18.8. The van der Waals surface area contributed by atoms with E-state index in [1.165, 1.54) is 32.6 Å². The molecule has 0 amide bonds. The average Bonchev–Trinajstić information content (AvgIpc) is 3.16. The maximum atomic E-state index is 12.9. The third kappa shape index (κ3) is 9.76. The molecule has 284 valence electrons. The van der Waals surface area contributed by atoms with Crippen LogP contribution >= 0.6 is 27.7 Å². The van der Waals surface area contributed by atoms with Gasteiger partial charge in [-0.2, -0.15) is 0 Å². The van der Waals surface area contributed by atoms with Crippen molar-refractivity contribution in [2.75, 3.05) is 12.4 Å². The van der Waals surface area contributed by atoms with Crippen molar-refractivity contribution in [1.82, 2.24) is 0 Å². The zero-order valence-corrected chi connectivity index (χ0v) is 37.1. The van der Waals surface area contributed by atoms with Gasteiger partial charge in [0.05, 0.1) is 17.5 Å². The van der Waals surface area contributed by atoms with E-state index in [-0.39, 0.29) is 27.0 Å². The fraction of sp³-hybridized carbons (Fsp3) is 0.326. The molecule has 5 rings (SSSR count). The lowest BCUT2D eigenvalue weighted by molar-refractivity contribution is -0.147. The van der Waals surface area contributed by atoms with Crippen molar-refractivity contribution in [2.45, 2.75) is 86.9 Å². The second kappa shape index (κ2) is 18.6. The zero-order chi connectivity index (χ0) is 38.8. The maximum absolute atomic E-state index is 12.9. The fourth-order valence-electron chi connectivity index (χ4n) is 7.61. The SMILES string of the molecule is CC(=O)O[C@H](C[C@@H](CSc1ccccc1)O[Si](c1ccccc1)(c1ccccc1)C(C)(C)C)[C@@H](Br)CO[Si](c1ccccc1)(c1ccccc1)C(C)(C)C. The fourth-order valence-corrected chi connectivity index (χ4v) is 18.6. The first kappa shape index (κ1) is 41.9. The summed E-state index contributed by atoms with van der Waals surface area (Å²) in [5.74, 6) is 0.358. The van der Waals surface area contributed by atoms with Gasteiger partial charge in [-0.05, 0) is 43.0 Å². The van der Waals surface area contributed by atoms with Crippen LogP contribution in [0.3, 0.4) is 0 Å². The van der Waals surface area contributed by atoms with E-state index >= 15 is 0 Å². The number of alkyl halides is 1. The largest absolute Gasteiger partial charge is 0.461 e. The summed E-state index contributed by atoms with van der Waals surface area (Å²) in [7, 11) is -5.79. The summed E-state index contributed by atoms with van der Waals surface area (Å²) in [6.45, 7) is 15.6. The monoisotopic (exact) mass is 838 g/mol. The summed E-state index contributed by atoms with van der Waals surface area (Å²) >= 11 is 5.82. The van der Waals surface area contributed by atoms with Crippen LogP contribution < -0.4 is 20.7 Å². The predicted octanol–water partition coefficient (Wildman–Crippen LogP) is 9.39. The third-order valence-electron chi connectivity index (χ3n) is 10.0. The van der Waals surface area contributed by atoms with E-state index in [2.05, 4.69) is 203 Å². The van der Waals surface area contributed by atoms with E-state index in [0.717, 1.165) is 0 Å². The number of ether oxygens (including phenoxy) is 1. The van der Waals surface area contributed by atoms with Gasteiger partial charge in [-0.3, -0.25) is 4.79 Å². The zero-order valence-electron chi connectivity index (χ0n) is 32.7. The van der Waals surface area contributed by atoms with Crippen molar-refractivity contribution < 1.29 is 18.4 Å². The van der Waals surface area contributed by atoms with Gasteiger partial charge in [0.2, 0.25) is 0 Å². The van der Waals surface area contributed by atoms with Gasteiger partial charge in [0.25, 0.3) is 16.6 Å². The number of rotatable bonds is 16. The second-order valence-electron chi connectivity index (χ2n) is 15.9. The molecule has 0 fully saturated rings. The standard InChI is InChI=1S/C46H55BrO4SSi2/c1-36(48)50-44(43(47)34-49-53(45(2,3)4,39-25-15-9-16-26-39)40-27-17-10-18-28-40)33-37(35-52-38-23-13-8-14-24-38)51-54(46(5,6)7,41-29-19-11-20-30-41)42-31-21-12-22-32-42/h8-32,37,43-44H,33-35H2,1-7H3/t37-,43-,44+/m0/s1. The van der Waals surface area contributed by atoms with Crippen LogP contribution in [0.4, 0.5) is 0 Å². The molecule has 0 aliphatic carbocycles. The highest BCUT2D eigenvalue weighted by atomic mass is 79.9. The summed E-state index contributed by atoms with van der Waals surface area (Å²) in [5.41, 5.74) is 0. The lowest BCUT2D eigenvalue weighted by Crippen LogP contribution is -2.68. The Bertz CT molecular complexity index is 1790. The number of halogens is 1. The molecule has 8 heteroatoms. The number of carbonyl (C=O) groups excluding carboxylic acids is 1. The molecule has 4 nitrogen and oxygen atoms in total. The van der Waals surface area contributed by atoms with E-state index in [1.807, 2.05) is 6.07 Å². The molecule has 0 aliphatic rings. The molecule has 0 saturated carbocycles. The summed E-state index contributed by atoms with van der Waals surface area (Å²) in [4.78, 5) is 13.8. The lowest BCUT2D eigenvalue weighted by Gasteiger charge is -2.46. The van der Waals surface area contributed by atoms with Crippen molar-refractivity contribution >= 4 is 71.0 Å². The summed E-state index contributed by atoms with van der Waals surface area (Å²) in [5, 5.41) is 4.43. The molecule has 0 aromatic heterocycles. The molecule has 3 atom stereocenters. The molecule has 0 heterocycles. The van der Waals surface area contributed by atoms with Gasteiger partial charge in [-0.25, -0.2) is 0 Å². The Hall–Kier alpha value is -3.25. The quantitative estimate of drug-likeness (QED) is 0.0429. The van der Waals surface area contributed by atoms with Crippen LogP contribution in [0.5, 0.6) is 0 Å².